The van der Waals surface area contributed by atoms with E-state index in [9.17, 15) is 13.2 Å². The fourth-order valence-electron chi connectivity index (χ4n) is 3.16. The van der Waals surface area contributed by atoms with Crippen LogP contribution < -0.4 is 10.1 Å². The largest absolute Gasteiger partial charge is 0.495 e. The standard InChI is InChI=1S/C18H22N4O4S/c1-3-22(13-8-9-27(24,25)11-13)18(23)15-10-17(20-12-19-15)21-14-6-4-5-7-16(14)26-2/h4-7,10,12-13H,3,8-9,11H2,1-2H3,(H,19,20,21). The van der Waals surface area contributed by atoms with Crippen molar-refractivity contribution in [3.05, 3.63) is 42.4 Å². The topological polar surface area (TPSA) is 101 Å². The molecule has 144 valence electrons. The van der Waals surface area contributed by atoms with Gasteiger partial charge in [-0.2, -0.15) is 0 Å². The van der Waals surface area contributed by atoms with E-state index in [1.165, 1.54) is 6.33 Å². The molecule has 0 bridgehead atoms. The minimum absolute atomic E-state index is 0.00395. The molecule has 0 radical (unpaired) electrons. The molecular weight excluding hydrogens is 368 g/mol. The van der Waals surface area contributed by atoms with E-state index in [-0.39, 0.29) is 29.1 Å². The SMILES string of the molecule is CCN(C(=O)c1cc(Nc2ccccc2OC)ncn1)C1CCS(=O)(=O)C1. The summed E-state index contributed by atoms with van der Waals surface area (Å²) in [6.07, 6.45) is 1.77. The van der Waals surface area contributed by atoms with E-state index in [0.717, 1.165) is 0 Å². The van der Waals surface area contributed by atoms with Crippen molar-refractivity contribution in [3.63, 3.8) is 0 Å². The highest BCUT2D eigenvalue weighted by atomic mass is 32.2. The van der Waals surface area contributed by atoms with Gasteiger partial charge in [-0.3, -0.25) is 4.79 Å². The van der Waals surface area contributed by atoms with E-state index in [4.69, 9.17) is 4.74 Å². The molecule has 3 rings (SSSR count). The number of nitrogens with zero attached hydrogens (tertiary/aromatic N) is 3. The zero-order valence-corrected chi connectivity index (χ0v) is 16.1. The number of para-hydroxylation sites is 2. The molecule has 1 N–H and O–H groups in total. The van der Waals surface area contributed by atoms with Crippen LogP contribution >= 0.6 is 0 Å². The van der Waals surface area contributed by atoms with Gasteiger partial charge in [0.25, 0.3) is 5.91 Å². The minimum Gasteiger partial charge on any atom is -0.495 e. The summed E-state index contributed by atoms with van der Waals surface area (Å²) in [5.41, 5.74) is 0.930. The molecule has 0 saturated carbocycles. The first-order chi connectivity index (χ1) is 12.9. The normalized spacial score (nSPS) is 18.1. The molecular formula is C18H22N4O4S. The molecule has 0 aliphatic carbocycles. The zero-order valence-electron chi connectivity index (χ0n) is 15.3. The molecule has 1 unspecified atom stereocenters. The Morgan fingerprint density at radius 1 is 1.33 bits per heavy atom. The number of carbonyl (C=O) groups excluding carboxylic acids is 1. The first-order valence-corrected chi connectivity index (χ1v) is 10.5. The first kappa shape index (κ1) is 19.1. The molecule has 1 saturated heterocycles. The first-order valence-electron chi connectivity index (χ1n) is 8.67. The number of benzene rings is 1. The molecule has 1 fully saturated rings. The number of amides is 1. The lowest BCUT2D eigenvalue weighted by atomic mass is 10.2. The van der Waals surface area contributed by atoms with Crippen LogP contribution in [0.25, 0.3) is 0 Å². The summed E-state index contributed by atoms with van der Waals surface area (Å²) in [5, 5.41) is 3.12. The van der Waals surface area contributed by atoms with Crippen LogP contribution in [0.5, 0.6) is 5.75 Å². The molecule has 1 aromatic carbocycles. The highest BCUT2D eigenvalue weighted by Gasteiger charge is 2.34. The number of methoxy groups -OCH3 is 1. The van der Waals surface area contributed by atoms with E-state index < -0.39 is 9.84 Å². The molecule has 1 amide bonds. The second-order valence-electron chi connectivity index (χ2n) is 6.26. The molecule has 9 heteroatoms. The lowest BCUT2D eigenvalue weighted by Gasteiger charge is -2.26. The number of hydrogen-bond donors (Lipinski definition) is 1. The molecule has 2 heterocycles. The van der Waals surface area contributed by atoms with Crippen molar-refractivity contribution in [2.24, 2.45) is 0 Å². The van der Waals surface area contributed by atoms with Crippen molar-refractivity contribution in [1.29, 1.82) is 0 Å². The third-order valence-corrected chi connectivity index (χ3v) is 6.26. The van der Waals surface area contributed by atoms with Crippen LogP contribution in [0.3, 0.4) is 0 Å². The second kappa shape index (κ2) is 7.91. The Morgan fingerprint density at radius 3 is 2.78 bits per heavy atom. The summed E-state index contributed by atoms with van der Waals surface area (Å²) < 4.78 is 28.8. The van der Waals surface area contributed by atoms with Gasteiger partial charge in [0.1, 0.15) is 23.6 Å². The summed E-state index contributed by atoms with van der Waals surface area (Å²) >= 11 is 0. The Balaban J connectivity index is 1.81. The maximum Gasteiger partial charge on any atom is 0.272 e. The molecule has 1 aliphatic heterocycles. The highest BCUT2D eigenvalue weighted by Crippen LogP contribution is 2.26. The average Bonchev–Trinajstić information content (AvgIpc) is 3.02. The molecule has 2 aromatic rings. The van der Waals surface area contributed by atoms with Crippen molar-refractivity contribution >= 4 is 27.2 Å². The van der Waals surface area contributed by atoms with Gasteiger partial charge in [0.05, 0.1) is 24.3 Å². The van der Waals surface area contributed by atoms with E-state index in [1.807, 2.05) is 31.2 Å². The maximum atomic E-state index is 12.9. The third-order valence-electron chi connectivity index (χ3n) is 4.51. The highest BCUT2D eigenvalue weighted by molar-refractivity contribution is 7.91. The monoisotopic (exact) mass is 390 g/mol. The Bertz CT molecular complexity index is 932. The molecule has 1 aromatic heterocycles. The number of carbonyl (C=O) groups is 1. The van der Waals surface area contributed by atoms with Crippen LogP contribution in [-0.2, 0) is 9.84 Å². The van der Waals surface area contributed by atoms with Crippen molar-refractivity contribution in [2.45, 2.75) is 19.4 Å². The van der Waals surface area contributed by atoms with Gasteiger partial charge in [-0.05, 0) is 25.5 Å². The summed E-state index contributed by atoms with van der Waals surface area (Å²) in [5.74, 6) is 0.920. The molecule has 1 aliphatic rings. The molecule has 8 nitrogen and oxygen atoms in total. The van der Waals surface area contributed by atoms with E-state index in [1.54, 1.807) is 18.1 Å². The molecule has 27 heavy (non-hydrogen) atoms. The zero-order chi connectivity index (χ0) is 19.4. The van der Waals surface area contributed by atoms with Crippen molar-refractivity contribution in [1.82, 2.24) is 14.9 Å². The van der Waals surface area contributed by atoms with Crippen LogP contribution in [-0.4, -0.2) is 60.4 Å². The smallest absolute Gasteiger partial charge is 0.272 e. The van der Waals surface area contributed by atoms with Crippen LogP contribution in [0, 0.1) is 0 Å². The lowest BCUT2D eigenvalue weighted by Crippen LogP contribution is -2.41. The number of rotatable bonds is 6. The number of nitrogens with one attached hydrogen (secondary N) is 1. The van der Waals surface area contributed by atoms with Gasteiger partial charge < -0.3 is 15.0 Å². The number of ether oxygens (including phenoxy) is 1. The fraction of sp³-hybridized carbons (Fsp3) is 0.389. The van der Waals surface area contributed by atoms with Gasteiger partial charge in [-0.25, -0.2) is 18.4 Å². The van der Waals surface area contributed by atoms with Crippen molar-refractivity contribution in [2.75, 3.05) is 30.5 Å². The predicted molar refractivity (Wildman–Crippen MR) is 102 cm³/mol. The Morgan fingerprint density at radius 2 is 2.11 bits per heavy atom. The maximum absolute atomic E-state index is 12.9. The lowest BCUT2D eigenvalue weighted by molar-refractivity contribution is 0.0702. The van der Waals surface area contributed by atoms with Gasteiger partial charge in [0.2, 0.25) is 0 Å². The Kier molecular flexibility index (Phi) is 5.59. The summed E-state index contributed by atoms with van der Waals surface area (Å²) in [6, 6.07) is 8.61. The van der Waals surface area contributed by atoms with Gasteiger partial charge in [0.15, 0.2) is 9.84 Å². The summed E-state index contributed by atoms with van der Waals surface area (Å²) in [4.78, 5) is 22.7. The number of sulfone groups is 1. The van der Waals surface area contributed by atoms with Crippen molar-refractivity contribution < 1.29 is 17.9 Å². The molecule has 1 atom stereocenters. The van der Waals surface area contributed by atoms with Crippen LogP contribution in [0.4, 0.5) is 11.5 Å². The number of aromatic nitrogens is 2. The number of anilines is 2. The molecule has 0 spiro atoms. The van der Waals surface area contributed by atoms with Gasteiger partial charge in [-0.15, -0.1) is 0 Å². The average molecular weight is 390 g/mol. The fourth-order valence-corrected chi connectivity index (χ4v) is 4.90. The van der Waals surface area contributed by atoms with E-state index in [2.05, 4.69) is 15.3 Å². The van der Waals surface area contributed by atoms with E-state index in [0.29, 0.717) is 30.2 Å². The summed E-state index contributed by atoms with van der Waals surface area (Å²) in [6.45, 7) is 2.25. The minimum atomic E-state index is -3.08. The quantitative estimate of drug-likeness (QED) is 0.803. The van der Waals surface area contributed by atoms with Gasteiger partial charge in [-0.1, -0.05) is 12.1 Å². The Hall–Kier alpha value is -2.68. The van der Waals surface area contributed by atoms with Crippen molar-refractivity contribution in [3.8, 4) is 5.75 Å². The van der Waals surface area contributed by atoms with Crippen LogP contribution in [0.15, 0.2) is 36.7 Å². The predicted octanol–water partition coefficient (Wildman–Crippen LogP) is 1.88. The summed E-state index contributed by atoms with van der Waals surface area (Å²) in [7, 11) is -1.50. The number of hydrogen-bond acceptors (Lipinski definition) is 7. The van der Waals surface area contributed by atoms with E-state index >= 15 is 0 Å². The second-order valence-corrected chi connectivity index (χ2v) is 8.49. The third kappa shape index (κ3) is 4.36. The Labute approximate surface area is 158 Å². The van der Waals surface area contributed by atoms with Crippen LogP contribution in [0.1, 0.15) is 23.8 Å². The van der Waals surface area contributed by atoms with Gasteiger partial charge >= 0.3 is 0 Å². The van der Waals surface area contributed by atoms with Crippen LogP contribution in [0.2, 0.25) is 0 Å². The van der Waals surface area contributed by atoms with Gasteiger partial charge in [0, 0.05) is 18.7 Å².